The summed E-state index contributed by atoms with van der Waals surface area (Å²) in [6.07, 6.45) is 0. The predicted molar refractivity (Wildman–Crippen MR) is 136 cm³/mol. The molecule has 34 heavy (non-hydrogen) atoms. The second-order valence-corrected chi connectivity index (χ2v) is 9.46. The predicted octanol–water partition coefficient (Wildman–Crippen LogP) is 5.76. The number of carbonyl (C=O) groups excluding carboxylic acids is 3. The molecule has 1 aromatic heterocycles. The number of nitrogens with zero attached hydrogens (tertiary/aromatic N) is 1. The van der Waals surface area contributed by atoms with Gasteiger partial charge in [-0.15, -0.1) is 11.8 Å². The molecule has 1 amide bonds. The van der Waals surface area contributed by atoms with E-state index in [1.165, 1.54) is 11.8 Å². The fourth-order valence-corrected chi connectivity index (χ4v) is 4.72. The normalized spacial score (nSPS) is 10.9. The first kappa shape index (κ1) is 25.3. The molecule has 0 aliphatic rings. The van der Waals surface area contributed by atoms with Crippen LogP contribution in [0.4, 0.5) is 5.69 Å². The van der Waals surface area contributed by atoms with Crippen LogP contribution in [0.2, 0.25) is 0 Å². The van der Waals surface area contributed by atoms with E-state index in [9.17, 15) is 14.4 Å². The van der Waals surface area contributed by atoms with E-state index in [4.69, 9.17) is 4.74 Å². The van der Waals surface area contributed by atoms with E-state index in [-0.39, 0.29) is 30.1 Å². The Kier molecular flexibility index (Phi) is 8.34. The first-order valence-corrected chi connectivity index (χ1v) is 12.1. The van der Waals surface area contributed by atoms with Gasteiger partial charge in [-0.25, -0.2) is 4.79 Å². The lowest BCUT2D eigenvalue weighted by atomic mass is 10.1. The van der Waals surface area contributed by atoms with E-state index in [1.807, 2.05) is 51.1 Å². The average molecular weight is 479 g/mol. The smallest absolute Gasteiger partial charge is 0.339 e. The zero-order valence-corrected chi connectivity index (χ0v) is 21.0. The van der Waals surface area contributed by atoms with Gasteiger partial charge in [0.15, 0.2) is 6.61 Å². The highest BCUT2D eigenvalue weighted by Crippen LogP contribution is 2.24. The molecule has 0 fully saturated rings. The molecule has 2 aromatic carbocycles. The average Bonchev–Trinajstić information content (AvgIpc) is 3.11. The van der Waals surface area contributed by atoms with E-state index in [1.54, 1.807) is 24.3 Å². The third-order valence-corrected chi connectivity index (χ3v) is 6.51. The van der Waals surface area contributed by atoms with Crippen LogP contribution in [0.3, 0.4) is 0 Å². The Morgan fingerprint density at radius 2 is 1.65 bits per heavy atom. The molecule has 1 N–H and O–H groups in total. The van der Waals surface area contributed by atoms with Crippen LogP contribution >= 0.6 is 11.8 Å². The van der Waals surface area contributed by atoms with Gasteiger partial charge in [-0.3, -0.25) is 9.59 Å². The standard InChI is InChI=1S/C27H30N2O4S/c1-17(2)29-19(4)14-23(20(29)5)24(30)15-33-27(32)22-8-6-7-9-25(22)34-16-26(31)28-21-12-10-18(3)11-13-21/h6-14,17H,15-16H2,1-5H3,(H,28,31). The Morgan fingerprint density at radius 3 is 2.29 bits per heavy atom. The molecule has 0 atom stereocenters. The van der Waals surface area contributed by atoms with Crippen molar-refractivity contribution < 1.29 is 19.1 Å². The number of aryl methyl sites for hydroxylation is 2. The van der Waals surface area contributed by atoms with E-state index in [0.717, 1.165) is 22.6 Å². The van der Waals surface area contributed by atoms with Crippen molar-refractivity contribution in [1.82, 2.24) is 4.57 Å². The summed E-state index contributed by atoms with van der Waals surface area (Å²) in [5.74, 6) is -0.866. The quantitative estimate of drug-likeness (QED) is 0.240. The number of hydrogen-bond acceptors (Lipinski definition) is 5. The molecule has 7 heteroatoms. The Labute approximate surface area is 204 Å². The maximum absolute atomic E-state index is 12.7. The van der Waals surface area contributed by atoms with Gasteiger partial charge in [-0.2, -0.15) is 0 Å². The molecule has 6 nitrogen and oxygen atoms in total. The maximum Gasteiger partial charge on any atom is 0.339 e. The third kappa shape index (κ3) is 6.17. The lowest BCUT2D eigenvalue weighted by Gasteiger charge is -2.13. The fourth-order valence-electron chi connectivity index (χ4n) is 3.88. The molecule has 0 aliphatic carbocycles. The largest absolute Gasteiger partial charge is 0.454 e. The van der Waals surface area contributed by atoms with Crippen molar-refractivity contribution in [3.63, 3.8) is 0 Å². The maximum atomic E-state index is 12.7. The van der Waals surface area contributed by atoms with Crippen LogP contribution in [0.1, 0.15) is 57.6 Å². The van der Waals surface area contributed by atoms with Crippen LogP contribution in [0, 0.1) is 20.8 Å². The van der Waals surface area contributed by atoms with Crippen LogP contribution in [-0.4, -0.2) is 34.6 Å². The Balaban J connectivity index is 1.61. The van der Waals surface area contributed by atoms with E-state index < -0.39 is 5.97 Å². The number of ether oxygens (including phenoxy) is 1. The van der Waals surface area contributed by atoms with Crippen molar-refractivity contribution in [3.05, 3.63) is 82.7 Å². The number of thioether (sulfide) groups is 1. The first-order valence-electron chi connectivity index (χ1n) is 11.1. The van der Waals surface area contributed by atoms with Gasteiger partial charge in [0.1, 0.15) is 0 Å². The van der Waals surface area contributed by atoms with Crippen molar-refractivity contribution >= 4 is 35.1 Å². The number of nitrogens with one attached hydrogen (secondary N) is 1. The third-order valence-electron chi connectivity index (χ3n) is 5.44. The molecule has 0 radical (unpaired) electrons. The highest BCUT2D eigenvalue weighted by molar-refractivity contribution is 8.00. The summed E-state index contributed by atoms with van der Waals surface area (Å²) >= 11 is 1.25. The highest BCUT2D eigenvalue weighted by Gasteiger charge is 2.20. The van der Waals surface area contributed by atoms with Crippen LogP contribution in [0.25, 0.3) is 0 Å². The van der Waals surface area contributed by atoms with Crippen LogP contribution in [0.15, 0.2) is 59.5 Å². The number of benzene rings is 2. The van der Waals surface area contributed by atoms with Crippen molar-refractivity contribution in [2.45, 2.75) is 45.6 Å². The lowest BCUT2D eigenvalue weighted by Crippen LogP contribution is -2.17. The van der Waals surface area contributed by atoms with Gasteiger partial charge >= 0.3 is 5.97 Å². The molecule has 0 spiro atoms. The van der Waals surface area contributed by atoms with Gasteiger partial charge in [0.2, 0.25) is 11.7 Å². The van der Waals surface area contributed by atoms with Crippen molar-refractivity contribution in [2.24, 2.45) is 0 Å². The zero-order valence-electron chi connectivity index (χ0n) is 20.2. The lowest BCUT2D eigenvalue weighted by molar-refractivity contribution is -0.113. The molecule has 0 saturated heterocycles. The SMILES string of the molecule is Cc1ccc(NC(=O)CSc2ccccc2C(=O)OCC(=O)c2cc(C)n(C(C)C)c2C)cc1. The van der Waals surface area contributed by atoms with Gasteiger partial charge in [0.25, 0.3) is 0 Å². The number of rotatable bonds is 9. The molecule has 3 aromatic rings. The van der Waals surface area contributed by atoms with Gasteiger partial charge in [-0.05, 0) is 65.0 Å². The molecule has 0 unspecified atom stereocenters. The fraction of sp³-hybridized carbons (Fsp3) is 0.296. The van der Waals surface area contributed by atoms with Gasteiger partial charge in [-0.1, -0.05) is 29.8 Å². The molecule has 1 heterocycles. The van der Waals surface area contributed by atoms with Crippen molar-refractivity contribution in [3.8, 4) is 0 Å². The van der Waals surface area contributed by atoms with Crippen LogP contribution < -0.4 is 5.32 Å². The van der Waals surface area contributed by atoms with Crippen LogP contribution in [-0.2, 0) is 9.53 Å². The molecule has 3 rings (SSSR count). The summed E-state index contributed by atoms with van der Waals surface area (Å²) in [6.45, 7) is 9.62. The number of amides is 1. The minimum atomic E-state index is -0.590. The molecule has 178 valence electrons. The monoisotopic (exact) mass is 478 g/mol. The molecule has 0 saturated carbocycles. The number of carbonyl (C=O) groups is 3. The Hall–Kier alpha value is -3.32. The second-order valence-electron chi connectivity index (χ2n) is 8.45. The molecular formula is C27H30N2O4S. The van der Waals surface area contributed by atoms with Gasteiger partial charge in [0, 0.05) is 33.6 Å². The van der Waals surface area contributed by atoms with Gasteiger partial charge in [0.05, 0.1) is 11.3 Å². The zero-order chi connectivity index (χ0) is 24.8. The van der Waals surface area contributed by atoms with E-state index >= 15 is 0 Å². The van der Waals surface area contributed by atoms with E-state index in [2.05, 4.69) is 23.7 Å². The number of Topliss-reactive ketones (excluding diaryl/α,β-unsaturated/α-hetero) is 1. The summed E-state index contributed by atoms with van der Waals surface area (Å²) in [7, 11) is 0. The van der Waals surface area contributed by atoms with Crippen molar-refractivity contribution in [1.29, 1.82) is 0 Å². The van der Waals surface area contributed by atoms with Gasteiger partial charge < -0.3 is 14.6 Å². The van der Waals surface area contributed by atoms with E-state index in [0.29, 0.717) is 16.0 Å². The molecule has 0 bridgehead atoms. The number of aromatic nitrogens is 1. The number of ketones is 1. The molecular weight excluding hydrogens is 448 g/mol. The number of esters is 1. The molecule has 0 aliphatic heterocycles. The second kappa shape index (κ2) is 11.2. The Bertz CT molecular complexity index is 1200. The summed E-state index contributed by atoms with van der Waals surface area (Å²) in [4.78, 5) is 38.4. The number of anilines is 1. The minimum Gasteiger partial charge on any atom is -0.454 e. The Morgan fingerprint density at radius 1 is 0.971 bits per heavy atom. The minimum absolute atomic E-state index is 0.137. The highest BCUT2D eigenvalue weighted by atomic mass is 32.2. The topological polar surface area (TPSA) is 77.4 Å². The van der Waals surface area contributed by atoms with Crippen LogP contribution in [0.5, 0.6) is 0 Å². The summed E-state index contributed by atoms with van der Waals surface area (Å²) in [5.41, 5.74) is 4.59. The summed E-state index contributed by atoms with van der Waals surface area (Å²) in [6, 6.07) is 16.5. The summed E-state index contributed by atoms with van der Waals surface area (Å²) in [5, 5.41) is 2.84. The number of hydrogen-bond donors (Lipinski definition) is 1. The first-order chi connectivity index (χ1) is 16.2. The van der Waals surface area contributed by atoms with Crippen molar-refractivity contribution in [2.75, 3.05) is 17.7 Å². The summed E-state index contributed by atoms with van der Waals surface area (Å²) < 4.78 is 7.44.